The summed E-state index contributed by atoms with van der Waals surface area (Å²) in [5.74, 6) is 0.858. The van der Waals surface area contributed by atoms with Crippen LogP contribution in [0.15, 0.2) is 10.8 Å². The van der Waals surface area contributed by atoms with Crippen molar-refractivity contribution in [2.24, 2.45) is 5.92 Å². The predicted octanol–water partition coefficient (Wildman–Crippen LogP) is 3.90. The van der Waals surface area contributed by atoms with Gasteiger partial charge in [0.15, 0.2) is 0 Å². The summed E-state index contributed by atoms with van der Waals surface area (Å²) in [4.78, 5) is 0. The molecule has 0 aromatic carbocycles. The van der Waals surface area contributed by atoms with Crippen molar-refractivity contribution >= 4 is 11.3 Å². The Kier molecular flexibility index (Phi) is 3.81. The van der Waals surface area contributed by atoms with Crippen LogP contribution in [0.5, 0.6) is 0 Å². The van der Waals surface area contributed by atoms with Crippen LogP contribution in [-0.2, 0) is 0 Å². The van der Waals surface area contributed by atoms with E-state index in [-0.39, 0.29) is 0 Å². The van der Waals surface area contributed by atoms with E-state index in [1.54, 1.807) is 0 Å². The van der Waals surface area contributed by atoms with Crippen LogP contribution in [0.25, 0.3) is 0 Å². The molecule has 0 amide bonds. The minimum Gasteiger partial charge on any atom is -0.313 e. The molecule has 1 unspecified atom stereocenters. The van der Waals surface area contributed by atoms with Crippen LogP contribution in [0.3, 0.4) is 0 Å². The lowest BCUT2D eigenvalue weighted by molar-refractivity contribution is 0.281. The summed E-state index contributed by atoms with van der Waals surface area (Å²) < 4.78 is 0. The van der Waals surface area contributed by atoms with Gasteiger partial charge in [0.2, 0.25) is 0 Å². The molecule has 1 aliphatic carbocycles. The Bertz CT molecular complexity index is 299. The molecule has 1 nitrogen and oxygen atoms in total. The van der Waals surface area contributed by atoms with Gasteiger partial charge < -0.3 is 5.32 Å². The second kappa shape index (κ2) is 5.13. The second-order valence-electron chi connectivity index (χ2n) is 4.67. The lowest BCUT2D eigenvalue weighted by atomic mass is 9.81. The number of aryl methyl sites for hydroxylation is 1. The van der Waals surface area contributed by atoms with E-state index in [0.717, 1.165) is 5.92 Å². The van der Waals surface area contributed by atoms with Crippen molar-refractivity contribution in [3.05, 3.63) is 21.9 Å². The van der Waals surface area contributed by atoms with Crippen LogP contribution in [-0.4, -0.2) is 7.05 Å². The molecule has 2 heteroatoms. The highest BCUT2D eigenvalue weighted by Crippen LogP contribution is 2.36. The quantitative estimate of drug-likeness (QED) is 0.819. The molecular formula is C13H21NS. The second-order valence-corrected chi connectivity index (χ2v) is 5.42. The summed E-state index contributed by atoms with van der Waals surface area (Å²) in [6.07, 6.45) is 7.09. The average Bonchev–Trinajstić information content (AvgIpc) is 2.68. The van der Waals surface area contributed by atoms with Crippen molar-refractivity contribution < 1.29 is 0 Å². The van der Waals surface area contributed by atoms with Gasteiger partial charge in [0.1, 0.15) is 0 Å². The Balaban J connectivity index is 2.12. The molecule has 0 aliphatic heterocycles. The van der Waals surface area contributed by atoms with Crippen LogP contribution in [0.4, 0.5) is 0 Å². The maximum absolute atomic E-state index is 3.52. The minimum atomic E-state index is 0.594. The highest BCUT2D eigenvalue weighted by atomic mass is 32.1. The van der Waals surface area contributed by atoms with Gasteiger partial charge in [0, 0.05) is 6.04 Å². The molecule has 1 aliphatic rings. The number of nitrogens with one attached hydrogen (secondary N) is 1. The molecule has 84 valence electrons. The Morgan fingerprint density at radius 3 is 2.53 bits per heavy atom. The van der Waals surface area contributed by atoms with Crippen molar-refractivity contribution in [2.75, 3.05) is 7.05 Å². The highest BCUT2D eigenvalue weighted by Gasteiger charge is 2.24. The first-order valence-corrected chi connectivity index (χ1v) is 6.97. The molecule has 1 heterocycles. The zero-order valence-electron chi connectivity index (χ0n) is 9.75. The Morgan fingerprint density at radius 1 is 1.27 bits per heavy atom. The van der Waals surface area contributed by atoms with Crippen LogP contribution < -0.4 is 5.32 Å². The van der Waals surface area contributed by atoms with Crippen LogP contribution in [0, 0.1) is 12.8 Å². The minimum absolute atomic E-state index is 0.594. The first kappa shape index (κ1) is 11.2. The number of hydrogen-bond donors (Lipinski definition) is 1. The smallest absolute Gasteiger partial charge is 0.0357 e. The first-order chi connectivity index (χ1) is 7.33. The molecule has 0 bridgehead atoms. The van der Waals surface area contributed by atoms with Gasteiger partial charge >= 0.3 is 0 Å². The zero-order chi connectivity index (χ0) is 10.7. The topological polar surface area (TPSA) is 12.0 Å². The fourth-order valence-electron chi connectivity index (χ4n) is 2.80. The summed E-state index contributed by atoms with van der Waals surface area (Å²) in [5, 5.41) is 8.11. The highest BCUT2D eigenvalue weighted by molar-refractivity contribution is 7.08. The molecular weight excluding hydrogens is 202 g/mol. The standard InChI is InChI=1S/C13H21NS/c1-10-8-15-9-12(10)13(14-2)11-6-4-3-5-7-11/h8-9,11,13-14H,3-7H2,1-2H3. The van der Waals surface area contributed by atoms with E-state index in [1.165, 1.54) is 43.2 Å². The van der Waals surface area contributed by atoms with Gasteiger partial charge in [0.25, 0.3) is 0 Å². The molecule has 1 aromatic rings. The maximum atomic E-state index is 3.52. The molecule has 15 heavy (non-hydrogen) atoms. The Hall–Kier alpha value is -0.340. The summed E-state index contributed by atoms with van der Waals surface area (Å²) in [7, 11) is 2.11. The maximum Gasteiger partial charge on any atom is 0.0357 e. The van der Waals surface area contributed by atoms with E-state index in [4.69, 9.17) is 0 Å². The van der Waals surface area contributed by atoms with Crippen molar-refractivity contribution in [3.63, 3.8) is 0 Å². The summed E-state index contributed by atoms with van der Waals surface area (Å²) in [5.41, 5.74) is 3.00. The van der Waals surface area contributed by atoms with Gasteiger partial charge in [-0.2, -0.15) is 11.3 Å². The van der Waals surface area contributed by atoms with E-state index in [9.17, 15) is 0 Å². The third kappa shape index (κ3) is 2.43. The molecule has 1 saturated carbocycles. The molecule has 0 spiro atoms. The predicted molar refractivity (Wildman–Crippen MR) is 67.4 cm³/mol. The first-order valence-electron chi connectivity index (χ1n) is 6.03. The summed E-state index contributed by atoms with van der Waals surface area (Å²) in [6, 6.07) is 0.594. The molecule has 1 atom stereocenters. The number of thiophene rings is 1. The van der Waals surface area contributed by atoms with Gasteiger partial charge in [-0.25, -0.2) is 0 Å². The number of hydrogen-bond acceptors (Lipinski definition) is 2. The van der Waals surface area contributed by atoms with Crippen molar-refractivity contribution in [1.29, 1.82) is 0 Å². The molecule has 0 saturated heterocycles. The zero-order valence-corrected chi connectivity index (χ0v) is 10.6. The van der Waals surface area contributed by atoms with Crippen LogP contribution in [0.2, 0.25) is 0 Å². The van der Waals surface area contributed by atoms with Gasteiger partial charge in [-0.3, -0.25) is 0 Å². The third-order valence-corrected chi connectivity index (χ3v) is 4.54. The molecule has 0 radical (unpaired) electrons. The molecule has 1 fully saturated rings. The SMILES string of the molecule is CNC(c1cscc1C)C1CCCCC1. The summed E-state index contributed by atoms with van der Waals surface area (Å²) >= 11 is 1.83. The van der Waals surface area contributed by atoms with E-state index in [0.29, 0.717) is 6.04 Å². The van der Waals surface area contributed by atoms with E-state index in [2.05, 4.69) is 30.0 Å². The van der Waals surface area contributed by atoms with E-state index >= 15 is 0 Å². The Morgan fingerprint density at radius 2 is 2.00 bits per heavy atom. The van der Waals surface area contributed by atoms with E-state index in [1.807, 2.05) is 11.3 Å². The molecule has 2 rings (SSSR count). The normalized spacial score (nSPS) is 20.4. The largest absolute Gasteiger partial charge is 0.313 e. The lowest BCUT2D eigenvalue weighted by Crippen LogP contribution is -2.27. The lowest BCUT2D eigenvalue weighted by Gasteiger charge is -2.30. The monoisotopic (exact) mass is 223 g/mol. The van der Waals surface area contributed by atoms with Crippen LogP contribution in [0.1, 0.15) is 49.3 Å². The fourth-order valence-corrected chi connectivity index (χ4v) is 3.69. The average molecular weight is 223 g/mol. The van der Waals surface area contributed by atoms with Crippen molar-refractivity contribution in [3.8, 4) is 0 Å². The molecule has 1 aromatic heterocycles. The molecule has 1 N–H and O–H groups in total. The Labute approximate surface area is 96.9 Å². The van der Waals surface area contributed by atoms with E-state index < -0.39 is 0 Å². The van der Waals surface area contributed by atoms with Crippen molar-refractivity contribution in [1.82, 2.24) is 5.32 Å². The summed E-state index contributed by atoms with van der Waals surface area (Å²) in [6.45, 7) is 2.24. The van der Waals surface area contributed by atoms with Gasteiger partial charge in [-0.15, -0.1) is 0 Å². The van der Waals surface area contributed by atoms with Gasteiger partial charge in [-0.1, -0.05) is 19.3 Å². The van der Waals surface area contributed by atoms with Gasteiger partial charge in [-0.05, 0) is 54.6 Å². The third-order valence-electron chi connectivity index (χ3n) is 3.66. The number of rotatable bonds is 3. The van der Waals surface area contributed by atoms with Gasteiger partial charge in [0.05, 0.1) is 0 Å². The van der Waals surface area contributed by atoms with Crippen molar-refractivity contribution in [2.45, 2.75) is 45.1 Å². The van der Waals surface area contributed by atoms with Crippen LogP contribution >= 0.6 is 11.3 Å². The fraction of sp³-hybridized carbons (Fsp3) is 0.692.